The summed E-state index contributed by atoms with van der Waals surface area (Å²) in [6.07, 6.45) is 1.83. The maximum Gasteiger partial charge on any atom is 0.226 e. The van der Waals surface area contributed by atoms with Crippen molar-refractivity contribution in [2.24, 2.45) is 5.41 Å². The molecule has 0 saturated carbocycles. The molecule has 2 aromatic rings. The van der Waals surface area contributed by atoms with Gasteiger partial charge in [0.25, 0.3) is 0 Å². The monoisotopic (exact) mass is 449 g/mol. The van der Waals surface area contributed by atoms with E-state index in [0.29, 0.717) is 44.5 Å². The number of rotatable bonds is 5. The summed E-state index contributed by atoms with van der Waals surface area (Å²) in [5.74, 6) is -1.94. The fraction of sp³-hybridized carbons (Fsp3) is 0.435. The minimum Gasteiger partial charge on any atom is -0.381 e. The van der Waals surface area contributed by atoms with Gasteiger partial charge in [0.05, 0.1) is 16.9 Å². The average Bonchev–Trinajstić information content (AvgIpc) is 3.09. The molecule has 166 valence electrons. The number of nitrogens with one attached hydrogen (secondary N) is 1. The third-order valence-corrected chi connectivity index (χ3v) is 8.04. The van der Waals surface area contributed by atoms with Crippen LogP contribution in [-0.2, 0) is 25.8 Å². The first-order chi connectivity index (χ1) is 14.8. The van der Waals surface area contributed by atoms with Gasteiger partial charge in [-0.05, 0) is 54.5 Å². The van der Waals surface area contributed by atoms with Crippen LogP contribution in [0.3, 0.4) is 0 Å². The topological polar surface area (TPSA) is 72.5 Å². The van der Waals surface area contributed by atoms with E-state index < -0.39 is 26.9 Å². The lowest BCUT2D eigenvalue weighted by Crippen LogP contribution is -2.49. The molecule has 2 aliphatic heterocycles. The van der Waals surface area contributed by atoms with Crippen molar-refractivity contribution in [2.75, 3.05) is 24.7 Å². The number of hydrogen-bond acceptors (Lipinski definition) is 4. The summed E-state index contributed by atoms with van der Waals surface area (Å²) in [5, 5.41) is 2.96. The highest BCUT2D eigenvalue weighted by Crippen LogP contribution is 2.38. The minimum atomic E-state index is -3.11. The Morgan fingerprint density at radius 3 is 2.52 bits per heavy atom. The second kappa shape index (κ2) is 8.67. The Kier molecular flexibility index (Phi) is 6.12. The zero-order chi connectivity index (χ0) is 22.1. The molecule has 0 aromatic heterocycles. The second-order valence-corrected chi connectivity index (χ2v) is 10.7. The number of ether oxygens (including phenoxy) is 1. The summed E-state index contributed by atoms with van der Waals surface area (Å²) < 4.78 is 56.3. The molecule has 2 fully saturated rings. The van der Waals surface area contributed by atoms with Gasteiger partial charge in [0.1, 0.15) is 0 Å². The van der Waals surface area contributed by atoms with Gasteiger partial charge in [-0.25, -0.2) is 17.2 Å². The highest BCUT2D eigenvalue weighted by Gasteiger charge is 2.42. The van der Waals surface area contributed by atoms with Crippen molar-refractivity contribution in [3.63, 3.8) is 0 Å². The van der Waals surface area contributed by atoms with Crippen LogP contribution in [0.5, 0.6) is 0 Å². The molecule has 0 bridgehead atoms. The SMILES string of the molecule is O=C(NC1CCS(=O)(=O)C1)C1(Cc2ccccc2-c2ccc(F)c(F)c2)CCOCC1. The predicted molar refractivity (Wildman–Crippen MR) is 113 cm³/mol. The molecule has 2 saturated heterocycles. The van der Waals surface area contributed by atoms with Crippen molar-refractivity contribution in [2.45, 2.75) is 31.7 Å². The molecule has 1 atom stereocenters. The number of sulfone groups is 1. The van der Waals surface area contributed by atoms with E-state index in [4.69, 9.17) is 4.74 Å². The van der Waals surface area contributed by atoms with E-state index in [-0.39, 0.29) is 23.5 Å². The lowest BCUT2D eigenvalue weighted by molar-refractivity contribution is -0.137. The van der Waals surface area contributed by atoms with E-state index in [0.717, 1.165) is 23.3 Å². The lowest BCUT2D eigenvalue weighted by Gasteiger charge is -2.37. The van der Waals surface area contributed by atoms with Crippen molar-refractivity contribution >= 4 is 15.7 Å². The number of halogens is 2. The Balaban J connectivity index is 1.63. The van der Waals surface area contributed by atoms with Crippen LogP contribution in [0, 0.1) is 17.0 Å². The molecule has 0 radical (unpaired) electrons. The van der Waals surface area contributed by atoms with Crippen LogP contribution >= 0.6 is 0 Å². The number of carbonyl (C=O) groups is 1. The molecule has 4 rings (SSSR count). The Morgan fingerprint density at radius 1 is 1.10 bits per heavy atom. The summed E-state index contributed by atoms with van der Waals surface area (Å²) in [4.78, 5) is 13.4. The first-order valence-corrected chi connectivity index (χ1v) is 12.2. The second-order valence-electron chi connectivity index (χ2n) is 8.43. The maximum absolute atomic E-state index is 13.8. The quantitative estimate of drug-likeness (QED) is 0.761. The predicted octanol–water partition coefficient (Wildman–Crippen LogP) is 3.27. The molecular formula is C23H25F2NO4S. The van der Waals surface area contributed by atoms with Gasteiger partial charge in [0.2, 0.25) is 5.91 Å². The summed E-state index contributed by atoms with van der Waals surface area (Å²) in [6, 6.07) is 10.8. The Bertz CT molecular complexity index is 1080. The normalized spacial score (nSPS) is 22.2. The summed E-state index contributed by atoms with van der Waals surface area (Å²) in [7, 11) is -3.11. The third kappa shape index (κ3) is 4.80. The highest BCUT2D eigenvalue weighted by atomic mass is 32.2. The molecule has 1 unspecified atom stereocenters. The van der Waals surface area contributed by atoms with Gasteiger partial charge in [-0.15, -0.1) is 0 Å². The molecule has 2 aliphatic rings. The van der Waals surface area contributed by atoms with Crippen molar-refractivity contribution in [1.29, 1.82) is 0 Å². The van der Waals surface area contributed by atoms with Crippen molar-refractivity contribution in [1.82, 2.24) is 5.32 Å². The average molecular weight is 450 g/mol. The minimum absolute atomic E-state index is 0.0310. The van der Waals surface area contributed by atoms with E-state index in [9.17, 15) is 22.0 Å². The molecule has 1 amide bonds. The first-order valence-electron chi connectivity index (χ1n) is 10.4. The van der Waals surface area contributed by atoms with Crippen LogP contribution in [0.1, 0.15) is 24.8 Å². The zero-order valence-electron chi connectivity index (χ0n) is 17.1. The van der Waals surface area contributed by atoms with Crippen LogP contribution in [0.25, 0.3) is 11.1 Å². The number of hydrogen-bond donors (Lipinski definition) is 1. The molecule has 0 spiro atoms. The van der Waals surface area contributed by atoms with Gasteiger partial charge >= 0.3 is 0 Å². The van der Waals surface area contributed by atoms with Crippen LogP contribution in [0.4, 0.5) is 8.78 Å². The number of carbonyl (C=O) groups excluding carboxylic acids is 1. The van der Waals surface area contributed by atoms with Gasteiger partial charge < -0.3 is 10.1 Å². The first kappa shape index (κ1) is 21.9. The zero-order valence-corrected chi connectivity index (χ0v) is 17.9. The molecule has 2 heterocycles. The molecule has 5 nitrogen and oxygen atoms in total. The van der Waals surface area contributed by atoms with E-state index in [1.807, 2.05) is 24.3 Å². The van der Waals surface area contributed by atoms with Crippen LogP contribution in [0.2, 0.25) is 0 Å². The van der Waals surface area contributed by atoms with Crippen LogP contribution < -0.4 is 5.32 Å². The Labute approximate surface area is 180 Å². The van der Waals surface area contributed by atoms with Crippen molar-refractivity contribution in [3.8, 4) is 11.1 Å². The smallest absolute Gasteiger partial charge is 0.226 e. The number of benzene rings is 2. The fourth-order valence-corrected chi connectivity index (χ4v) is 6.15. The Morgan fingerprint density at radius 2 is 1.84 bits per heavy atom. The number of amides is 1. The van der Waals surface area contributed by atoms with Crippen molar-refractivity contribution in [3.05, 3.63) is 59.7 Å². The van der Waals surface area contributed by atoms with E-state index >= 15 is 0 Å². The van der Waals surface area contributed by atoms with E-state index in [1.54, 1.807) is 0 Å². The fourth-order valence-electron chi connectivity index (χ4n) is 4.48. The molecule has 2 aromatic carbocycles. The van der Waals surface area contributed by atoms with Gasteiger partial charge in [-0.1, -0.05) is 30.3 Å². The van der Waals surface area contributed by atoms with Gasteiger partial charge in [0.15, 0.2) is 21.5 Å². The van der Waals surface area contributed by atoms with Crippen LogP contribution in [-0.4, -0.2) is 45.1 Å². The standard InChI is InChI=1S/C23H25F2NO4S/c24-20-6-5-16(13-21(20)25)19-4-2-1-3-17(19)14-23(8-10-30-11-9-23)22(27)26-18-7-12-31(28,29)15-18/h1-6,13,18H,7-12,14-15H2,(H,26,27). The summed E-state index contributed by atoms with van der Waals surface area (Å²) in [5.41, 5.74) is 1.38. The molecule has 8 heteroatoms. The molecular weight excluding hydrogens is 424 g/mol. The van der Waals surface area contributed by atoms with E-state index in [1.165, 1.54) is 6.07 Å². The van der Waals surface area contributed by atoms with Gasteiger partial charge in [-0.2, -0.15) is 0 Å². The third-order valence-electron chi connectivity index (χ3n) is 6.28. The highest BCUT2D eigenvalue weighted by molar-refractivity contribution is 7.91. The maximum atomic E-state index is 13.8. The lowest BCUT2D eigenvalue weighted by atomic mass is 9.73. The molecule has 0 aliphatic carbocycles. The van der Waals surface area contributed by atoms with Crippen molar-refractivity contribution < 1.29 is 26.7 Å². The van der Waals surface area contributed by atoms with Gasteiger partial charge in [-0.3, -0.25) is 4.79 Å². The van der Waals surface area contributed by atoms with E-state index in [2.05, 4.69) is 5.32 Å². The van der Waals surface area contributed by atoms with Crippen LogP contribution in [0.15, 0.2) is 42.5 Å². The summed E-state index contributed by atoms with van der Waals surface area (Å²) >= 11 is 0. The Hall–Kier alpha value is -2.32. The largest absolute Gasteiger partial charge is 0.381 e. The van der Waals surface area contributed by atoms with Gasteiger partial charge in [0, 0.05) is 19.3 Å². The molecule has 1 N–H and O–H groups in total. The molecule has 31 heavy (non-hydrogen) atoms. The summed E-state index contributed by atoms with van der Waals surface area (Å²) in [6.45, 7) is 0.869.